The van der Waals surface area contributed by atoms with Crippen molar-refractivity contribution in [3.05, 3.63) is 38.2 Å². The number of likely N-dealkylation sites (tertiary alicyclic amines) is 1. The normalized spacial score (nSPS) is 15.8. The number of nitrogens with one attached hydrogen (secondary N) is 1. The van der Waals surface area contributed by atoms with Gasteiger partial charge in [-0.1, -0.05) is 34.6 Å². The van der Waals surface area contributed by atoms with Crippen LogP contribution < -0.4 is 11.2 Å². The van der Waals surface area contributed by atoms with Crippen molar-refractivity contribution in [2.24, 2.45) is 11.8 Å². The van der Waals surface area contributed by atoms with E-state index in [4.69, 9.17) is 0 Å². The van der Waals surface area contributed by atoms with E-state index >= 15 is 0 Å². The summed E-state index contributed by atoms with van der Waals surface area (Å²) in [7, 11) is 0. The number of H-pyrrole nitrogens is 1. The first-order chi connectivity index (χ1) is 13.2. The Bertz CT molecular complexity index is 995. The molecular formula is C21H30N4O3. The van der Waals surface area contributed by atoms with Gasteiger partial charge in [0.2, 0.25) is 0 Å². The Labute approximate surface area is 164 Å². The van der Waals surface area contributed by atoms with E-state index in [1.165, 1.54) is 4.57 Å². The zero-order valence-corrected chi connectivity index (χ0v) is 17.4. The largest absolute Gasteiger partial charge is 0.339 e. The van der Waals surface area contributed by atoms with Crippen LogP contribution in [0.5, 0.6) is 0 Å². The molecule has 0 atom stereocenters. The van der Waals surface area contributed by atoms with Crippen LogP contribution in [0.2, 0.25) is 0 Å². The first-order valence-electron chi connectivity index (χ1n) is 10.2. The molecule has 0 spiro atoms. The second-order valence-corrected chi connectivity index (χ2v) is 8.69. The molecule has 152 valence electrons. The summed E-state index contributed by atoms with van der Waals surface area (Å²) in [6, 6.07) is 1.73. The quantitative estimate of drug-likeness (QED) is 0.875. The van der Waals surface area contributed by atoms with E-state index in [1.807, 2.05) is 32.6 Å². The number of hydrogen-bond donors (Lipinski definition) is 1. The lowest BCUT2D eigenvalue weighted by Gasteiger charge is -2.30. The van der Waals surface area contributed by atoms with Gasteiger partial charge in [0.25, 0.3) is 11.5 Å². The molecule has 2 aromatic rings. The summed E-state index contributed by atoms with van der Waals surface area (Å²) in [6.07, 6.45) is 1.92. The van der Waals surface area contributed by atoms with E-state index in [0.29, 0.717) is 42.5 Å². The lowest BCUT2D eigenvalue weighted by Crippen LogP contribution is -2.39. The molecule has 0 bridgehead atoms. The highest BCUT2D eigenvalue weighted by Crippen LogP contribution is 2.24. The van der Waals surface area contributed by atoms with Crippen molar-refractivity contribution >= 4 is 16.9 Å². The van der Waals surface area contributed by atoms with Crippen molar-refractivity contribution in [2.45, 2.75) is 59.9 Å². The van der Waals surface area contributed by atoms with Crippen LogP contribution >= 0.6 is 0 Å². The highest BCUT2D eigenvalue weighted by atomic mass is 16.2. The lowest BCUT2D eigenvalue weighted by atomic mass is 9.97. The molecule has 1 amide bonds. The number of hydrogen-bond acceptors (Lipinski definition) is 4. The van der Waals surface area contributed by atoms with Crippen LogP contribution in [0.4, 0.5) is 0 Å². The Morgan fingerprint density at radius 3 is 2.43 bits per heavy atom. The monoisotopic (exact) mass is 386 g/mol. The van der Waals surface area contributed by atoms with Crippen molar-refractivity contribution < 1.29 is 4.79 Å². The Balaban J connectivity index is 2.25. The van der Waals surface area contributed by atoms with Crippen LogP contribution in [-0.4, -0.2) is 38.4 Å². The zero-order valence-electron chi connectivity index (χ0n) is 17.4. The standard InChI is InChI=1S/C21H30N4O3/c1-12(2)11-25-18-17(19(26)23-21(25)28)15(10-16(22-18)13(3)4)20(27)24-8-6-14(5)7-9-24/h10,12-14H,6-9,11H2,1-5H3,(H,23,26,28). The number of fused-ring (bicyclic) bond motifs is 1. The first kappa shape index (κ1) is 20.3. The van der Waals surface area contributed by atoms with E-state index in [2.05, 4.69) is 16.9 Å². The fourth-order valence-electron chi connectivity index (χ4n) is 3.67. The smallest absolute Gasteiger partial charge is 0.330 e. The maximum Gasteiger partial charge on any atom is 0.330 e. The molecule has 1 fully saturated rings. The second kappa shape index (κ2) is 7.89. The number of aromatic nitrogens is 3. The number of pyridine rings is 1. The Morgan fingerprint density at radius 2 is 1.86 bits per heavy atom. The van der Waals surface area contributed by atoms with Gasteiger partial charge < -0.3 is 4.90 Å². The summed E-state index contributed by atoms with van der Waals surface area (Å²) >= 11 is 0. The van der Waals surface area contributed by atoms with Crippen LogP contribution in [-0.2, 0) is 6.54 Å². The van der Waals surface area contributed by atoms with Crippen LogP contribution in [0.15, 0.2) is 15.7 Å². The lowest BCUT2D eigenvalue weighted by molar-refractivity contribution is 0.0699. The molecule has 0 unspecified atom stereocenters. The average Bonchev–Trinajstić information content (AvgIpc) is 2.63. The van der Waals surface area contributed by atoms with Crippen molar-refractivity contribution in [3.8, 4) is 0 Å². The van der Waals surface area contributed by atoms with Crippen LogP contribution in [0.3, 0.4) is 0 Å². The van der Waals surface area contributed by atoms with Crippen molar-refractivity contribution in [2.75, 3.05) is 13.1 Å². The Kier molecular flexibility index (Phi) is 5.72. The molecule has 1 N–H and O–H groups in total. The van der Waals surface area contributed by atoms with Gasteiger partial charge in [0.05, 0.1) is 10.9 Å². The van der Waals surface area contributed by atoms with Crippen LogP contribution in [0.25, 0.3) is 11.0 Å². The van der Waals surface area contributed by atoms with Crippen LogP contribution in [0.1, 0.15) is 69.4 Å². The van der Waals surface area contributed by atoms with Gasteiger partial charge >= 0.3 is 5.69 Å². The summed E-state index contributed by atoms with van der Waals surface area (Å²) in [6.45, 7) is 12.0. The number of rotatable bonds is 4. The molecule has 28 heavy (non-hydrogen) atoms. The average molecular weight is 386 g/mol. The van der Waals surface area contributed by atoms with E-state index in [0.717, 1.165) is 12.8 Å². The maximum atomic E-state index is 13.3. The van der Waals surface area contributed by atoms with Gasteiger partial charge in [-0.2, -0.15) is 0 Å². The molecule has 3 heterocycles. The highest BCUT2D eigenvalue weighted by Gasteiger charge is 2.26. The molecule has 1 saturated heterocycles. The fraction of sp³-hybridized carbons (Fsp3) is 0.619. The van der Waals surface area contributed by atoms with E-state index in [-0.39, 0.29) is 23.1 Å². The molecule has 0 saturated carbocycles. The van der Waals surface area contributed by atoms with Crippen LogP contribution in [0, 0.1) is 11.8 Å². The minimum Gasteiger partial charge on any atom is -0.339 e. The number of nitrogens with zero attached hydrogens (tertiary/aromatic N) is 3. The molecule has 7 nitrogen and oxygen atoms in total. The minimum atomic E-state index is -0.545. The van der Waals surface area contributed by atoms with Gasteiger partial charge in [-0.05, 0) is 36.7 Å². The minimum absolute atomic E-state index is 0.0687. The topological polar surface area (TPSA) is 88.1 Å². The van der Waals surface area contributed by atoms with Gasteiger partial charge in [-0.15, -0.1) is 0 Å². The van der Waals surface area contributed by atoms with Gasteiger partial charge in [0.15, 0.2) is 5.65 Å². The summed E-state index contributed by atoms with van der Waals surface area (Å²) < 4.78 is 1.49. The SMILES string of the molecule is CC(C)Cn1c(=O)[nH]c(=O)c2c(C(=O)N3CCC(C)CC3)cc(C(C)C)nc21. The second-order valence-electron chi connectivity index (χ2n) is 8.69. The van der Waals surface area contributed by atoms with Gasteiger partial charge in [0.1, 0.15) is 0 Å². The third-order valence-electron chi connectivity index (χ3n) is 5.41. The number of carbonyl (C=O) groups excluding carboxylic acids is 1. The van der Waals surface area contributed by atoms with E-state index < -0.39 is 11.2 Å². The zero-order chi connectivity index (χ0) is 20.6. The van der Waals surface area contributed by atoms with E-state index in [1.54, 1.807) is 6.07 Å². The summed E-state index contributed by atoms with van der Waals surface area (Å²) in [5.41, 5.74) is 0.342. The number of piperidine rings is 1. The molecule has 7 heteroatoms. The van der Waals surface area contributed by atoms with Crippen molar-refractivity contribution in [1.29, 1.82) is 0 Å². The molecule has 2 aromatic heterocycles. The fourth-order valence-corrected chi connectivity index (χ4v) is 3.67. The Morgan fingerprint density at radius 1 is 1.21 bits per heavy atom. The first-order valence-corrected chi connectivity index (χ1v) is 10.2. The molecule has 3 rings (SSSR count). The van der Waals surface area contributed by atoms with Crippen molar-refractivity contribution in [3.63, 3.8) is 0 Å². The van der Waals surface area contributed by atoms with Gasteiger partial charge in [-0.3, -0.25) is 19.1 Å². The van der Waals surface area contributed by atoms with E-state index in [9.17, 15) is 14.4 Å². The van der Waals surface area contributed by atoms with Gasteiger partial charge in [-0.25, -0.2) is 9.78 Å². The molecule has 0 aliphatic carbocycles. The predicted octanol–water partition coefficient (Wildman–Crippen LogP) is 2.74. The summed E-state index contributed by atoms with van der Waals surface area (Å²) in [4.78, 5) is 47.3. The van der Waals surface area contributed by atoms with Crippen molar-refractivity contribution in [1.82, 2.24) is 19.4 Å². The molecule has 0 aromatic carbocycles. The molecule has 1 aliphatic heterocycles. The van der Waals surface area contributed by atoms with Gasteiger partial charge in [0, 0.05) is 25.3 Å². The predicted molar refractivity (Wildman–Crippen MR) is 110 cm³/mol. The Hall–Kier alpha value is -2.44. The molecule has 0 radical (unpaired) electrons. The molecular weight excluding hydrogens is 356 g/mol. The number of amides is 1. The summed E-state index contributed by atoms with van der Waals surface area (Å²) in [5, 5.41) is 0.216. The number of aromatic amines is 1. The third-order valence-corrected chi connectivity index (χ3v) is 5.41. The third kappa shape index (κ3) is 3.88. The maximum absolute atomic E-state index is 13.3. The summed E-state index contributed by atoms with van der Waals surface area (Å²) in [5.74, 6) is 0.712. The molecule has 1 aliphatic rings. The number of carbonyl (C=O) groups is 1. The highest BCUT2D eigenvalue weighted by molar-refractivity contribution is 6.05.